The molecule has 2 aromatic carbocycles. The van der Waals surface area contributed by atoms with Gasteiger partial charge in [-0.1, -0.05) is 30.3 Å². The van der Waals surface area contributed by atoms with Crippen molar-refractivity contribution in [2.75, 3.05) is 6.61 Å². The number of fused-ring (bicyclic) bond motifs is 1. The second-order valence-corrected chi connectivity index (χ2v) is 7.83. The molecule has 0 saturated heterocycles. The van der Waals surface area contributed by atoms with Gasteiger partial charge in [0.05, 0.1) is 18.0 Å². The van der Waals surface area contributed by atoms with E-state index in [4.69, 9.17) is 9.84 Å². The van der Waals surface area contributed by atoms with Gasteiger partial charge in [-0.25, -0.2) is 4.68 Å². The number of ether oxygens (including phenoxy) is 1. The molecule has 0 bridgehead atoms. The molecular formula is C26H24N4O2. The predicted octanol–water partition coefficient (Wildman–Crippen LogP) is 5.51. The van der Waals surface area contributed by atoms with E-state index in [2.05, 4.69) is 35.4 Å². The zero-order valence-corrected chi connectivity index (χ0v) is 17.9. The minimum Gasteiger partial charge on any atom is -0.494 e. The highest BCUT2D eigenvalue weighted by atomic mass is 16.5. The molecule has 6 heteroatoms. The molecule has 0 amide bonds. The van der Waals surface area contributed by atoms with E-state index in [-0.39, 0.29) is 0 Å². The molecule has 0 radical (unpaired) electrons. The lowest BCUT2D eigenvalue weighted by Gasteiger charge is -2.06. The summed E-state index contributed by atoms with van der Waals surface area (Å²) in [7, 11) is 0. The van der Waals surface area contributed by atoms with Crippen LogP contribution in [0, 0.1) is 0 Å². The molecular weight excluding hydrogens is 400 g/mol. The van der Waals surface area contributed by atoms with E-state index in [1.807, 2.05) is 47.1 Å². The zero-order chi connectivity index (χ0) is 21.9. The van der Waals surface area contributed by atoms with Crippen LogP contribution in [0.1, 0.15) is 30.9 Å². The van der Waals surface area contributed by atoms with Crippen LogP contribution < -0.4 is 4.74 Å². The fourth-order valence-corrected chi connectivity index (χ4v) is 4.10. The number of benzene rings is 2. The summed E-state index contributed by atoms with van der Waals surface area (Å²) in [5.41, 5.74) is 7.97. The van der Waals surface area contributed by atoms with Crippen molar-refractivity contribution in [1.29, 1.82) is 0 Å². The second kappa shape index (κ2) is 8.67. The number of oxime groups is 1. The summed E-state index contributed by atoms with van der Waals surface area (Å²) in [6.45, 7) is 2.80. The Balaban J connectivity index is 1.57. The minimum atomic E-state index is 0.707. The lowest BCUT2D eigenvalue weighted by atomic mass is 9.98. The molecule has 0 saturated carbocycles. The second-order valence-electron chi connectivity index (χ2n) is 7.83. The molecule has 2 aromatic heterocycles. The lowest BCUT2D eigenvalue weighted by molar-refractivity contribution is 0.317. The third-order valence-electron chi connectivity index (χ3n) is 5.72. The Morgan fingerprint density at radius 1 is 0.969 bits per heavy atom. The molecule has 1 N–H and O–H groups in total. The highest BCUT2D eigenvalue weighted by molar-refractivity contribution is 6.04. The van der Waals surface area contributed by atoms with Crippen LogP contribution in [0.25, 0.3) is 28.1 Å². The maximum absolute atomic E-state index is 9.25. The number of aryl methyl sites for hydroxylation is 1. The number of rotatable bonds is 6. The first-order chi connectivity index (χ1) is 15.8. The summed E-state index contributed by atoms with van der Waals surface area (Å²) in [6, 6.07) is 18.2. The first-order valence-electron chi connectivity index (χ1n) is 10.8. The molecule has 0 unspecified atom stereocenters. The molecule has 5 rings (SSSR count). The van der Waals surface area contributed by atoms with Crippen molar-refractivity contribution < 1.29 is 9.94 Å². The topological polar surface area (TPSA) is 72.5 Å². The highest BCUT2D eigenvalue weighted by Crippen LogP contribution is 2.35. The monoisotopic (exact) mass is 424 g/mol. The summed E-state index contributed by atoms with van der Waals surface area (Å²) in [6.07, 6.45) is 8.25. The van der Waals surface area contributed by atoms with Gasteiger partial charge in [0, 0.05) is 35.3 Å². The van der Waals surface area contributed by atoms with Crippen LogP contribution in [0.4, 0.5) is 0 Å². The Morgan fingerprint density at radius 3 is 2.53 bits per heavy atom. The van der Waals surface area contributed by atoms with E-state index in [1.54, 1.807) is 12.4 Å². The fourth-order valence-electron chi connectivity index (χ4n) is 4.10. The Kier molecular flexibility index (Phi) is 5.42. The first kappa shape index (κ1) is 20.0. The normalized spacial score (nSPS) is 14.0. The van der Waals surface area contributed by atoms with Gasteiger partial charge in [-0.15, -0.1) is 0 Å². The van der Waals surface area contributed by atoms with Gasteiger partial charge in [0.2, 0.25) is 0 Å². The molecule has 1 aliphatic rings. The van der Waals surface area contributed by atoms with Crippen molar-refractivity contribution in [3.05, 3.63) is 84.3 Å². The SMILES string of the molecule is CCCOc1ccc(-n2cc(-c3ccc4c(c3)CC/C4=N\O)c(-c3ccncc3)n2)cc1. The van der Waals surface area contributed by atoms with Crippen molar-refractivity contribution in [3.8, 4) is 33.8 Å². The van der Waals surface area contributed by atoms with Gasteiger partial charge in [-0.3, -0.25) is 4.98 Å². The van der Waals surface area contributed by atoms with Crippen LogP contribution in [-0.2, 0) is 6.42 Å². The number of pyridine rings is 1. The maximum Gasteiger partial charge on any atom is 0.119 e. The Morgan fingerprint density at radius 2 is 1.78 bits per heavy atom. The fraction of sp³-hybridized carbons (Fsp3) is 0.192. The van der Waals surface area contributed by atoms with E-state index in [1.165, 1.54) is 5.56 Å². The Hall–Kier alpha value is -3.93. The molecule has 0 aliphatic heterocycles. The summed E-state index contributed by atoms with van der Waals surface area (Å²) in [5.74, 6) is 0.859. The average molecular weight is 425 g/mol. The molecule has 160 valence electrons. The number of hydrogen-bond donors (Lipinski definition) is 1. The van der Waals surface area contributed by atoms with Gasteiger partial charge in [-0.2, -0.15) is 5.10 Å². The number of hydrogen-bond acceptors (Lipinski definition) is 5. The van der Waals surface area contributed by atoms with Crippen LogP contribution in [0.15, 0.2) is 78.3 Å². The van der Waals surface area contributed by atoms with Crippen molar-refractivity contribution in [2.24, 2.45) is 5.16 Å². The molecule has 2 heterocycles. The van der Waals surface area contributed by atoms with Crippen molar-refractivity contribution in [2.45, 2.75) is 26.2 Å². The van der Waals surface area contributed by atoms with Crippen LogP contribution in [0.3, 0.4) is 0 Å². The van der Waals surface area contributed by atoms with Gasteiger partial charge in [0.1, 0.15) is 11.4 Å². The maximum atomic E-state index is 9.25. The molecule has 4 aromatic rings. The van der Waals surface area contributed by atoms with Gasteiger partial charge in [-0.05, 0) is 66.8 Å². The molecule has 1 aliphatic carbocycles. The third kappa shape index (κ3) is 3.75. The Bertz CT molecular complexity index is 1260. The van der Waals surface area contributed by atoms with Crippen LogP contribution in [-0.4, -0.2) is 32.3 Å². The van der Waals surface area contributed by atoms with Crippen molar-refractivity contribution in [1.82, 2.24) is 14.8 Å². The van der Waals surface area contributed by atoms with Gasteiger partial charge < -0.3 is 9.94 Å². The third-order valence-corrected chi connectivity index (χ3v) is 5.72. The minimum absolute atomic E-state index is 0.707. The largest absolute Gasteiger partial charge is 0.494 e. The van der Waals surface area contributed by atoms with E-state index in [0.717, 1.165) is 64.4 Å². The summed E-state index contributed by atoms with van der Waals surface area (Å²) in [5, 5.41) is 17.6. The van der Waals surface area contributed by atoms with Gasteiger partial charge in [0.15, 0.2) is 0 Å². The quantitative estimate of drug-likeness (QED) is 0.327. The summed E-state index contributed by atoms with van der Waals surface area (Å²) < 4.78 is 7.62. The van der Waals surface area contributed by atoms with Gasteiger partial charge >= 0.3 is 0 Å². The predicted molar refractivity (Wildman–Crippen MR) is 125 cm³/mol. The molecule has 0 atom stereocenters. The number of nitrogens with zero attached hydrogens (tertiary/aromatic N) is 4. The van der Waals surface area contributed by atoms with E-state index < -0.39 is 0 Å². The molecule has 6 nitrogen and oxygen atoms in total. The van der Waals surface area contributed by atoms with Crippen LogP contribution in [0.5, 0.6) is 5.75 Å². The molecule has 32 heavy (non-hydrogen) atoms. The van der Waals surface area contributed by atoms with Crippen LogP contribution >= 0.6 is 0 Å². The smallest absolute Gasteiger partial charge is 0.119 e. The summed E-state index contributed by atoms with van der Waals surface area (Å²) >= 11 is 0. The lowest BCUT2D eigenvalue weighted by Crippen LogP contribution is -1.97. The zero-order valence-electron chi connectivity index (χ0n) is 17.9. The van der Waals surface area contributed by atoms with Crippen LogP contribution in [0.2, 0.25) is 0 Å². The molecule has 0 fully saturated rings. The van der Waals surface area contributed by atoms with E-state index >= 15 is 0 Å². The van der Waals surface area contributed by atoms with Gasteiger partial charge in [0.25, 0.3) is 0 Å². The highest BCUT2D eigenvalue weighted by Gasteiger charge is 2.21. The number of aromatic nitrogens is 3. The summed E-state index contributed by atoms with van der Waals surface area (Å²) in [4.78, 5) is 4.15. The van der Waals surface area contributed by atoms with Crippen molar-refractivity contribution >= 4 is 5.71 Å². The standard InChI is InChI=1S/C26H24N4O2/c1-2-15-32-22-7-5-21(6-8-22)30-17-24(26(28-30)18-11-13-27-14-12-18)20-3-9-23-19(16-20)4-10-25(23)29-31/h3,5-9,11-14,16-17,31H,2,4,10,15H2,1H3/b29-25+. The average Bonchev–Trinajstić information content (AvgIpc) is 3.48. The van der Waals surface area contributed by atoms with E-state index in [9.17, 15) is 5.21 Å². The first-order valence-corrected chi connectivity index (χ1v) is 10.8. The van der Waals surface area contributed by atoms with E-state index in [0.29, 0.717) is 6.61 Å². The molecule has 0 spiro atoms. The Labute approximate surface area is 186 Å². The van der Waals surface area contributed by atoms with Crippen molar-refractivity contribution in [3.63, 3.8) is 0 Å².